The molecule has 1 aliphatic heterocycles. The minimum absolute atomic E-state index is 0.513. The first-order valence-electron chi connectivity index (χ1n) is 6.10. The summed E-state index contributed by atoms with van der Waals surface area (Å²) >= 11 is 0. The smallest absolute Gasteiger partial charge is 0.407 e. The third-order valence-corrected chi connectivity index (χ3v) is 3.13. The molecule has 0 spiro atoms. The van der Waals surface area contributed by atoms with Crippen LogP contribution in [0, 0.1) is 11.3 Å². The molecule has 1 N–H and O–H groups in total. The Balaban J connectivity index is 1.97. The summed E-state index contributed by atoms with van der Waals surface area (Å²) in [5.41, 5.74) is 1.52. The molecule has 5 heteroatoms. The maximum Gasteiger partial charge on any atom is 0.407 e. The van der Waals surface area contributed by atoms with Crippen LogP contribution < -0.4 is 0 Å². The van der Waals surface area contributed by atoms with E-state index in [1.165, 1.54) is 4.90 Å². The van der Waals surface area contributed by atoms with E-state index in [0.29, 0.717) is 31.7 Å². The van der Waals surface area contributed by atoms with Crippen molar-refractivity contribution in [3.63, 3.8) is 0 Å². The highest BCUT2D eigenvalue weighted by Gasteiger charge is 2.17. The van der Waals surface area contributed by atoms with Gasteiger partial charge in [-0.2, -0.15) is 5.26 Å². The minimum atomic E-state index is -0.863. The molecule has 1 aliphatic rings. The molecular formula is C14H15N3O2. The minimum Gasteiger partial charge on any atom is -0.465 e. The van der Waals surface area contributed by atoms with Crippen LogP contribution in [0.15, 0.2) is 30.5 Å². The van der Waals surface area contributed by atoms with E-state index in [1.807, 2.05) is 30.5 Å². The number of rotatable bonds is 2. The number of hydrogen-bond acceptors (Lipinski definition) is 3. The monoisotopic (exact) mass is 257 g/mol. The van der Waals surface area contributed by atoms with Gasteiger partial charge in [-0.1, -0.05) is 18.2 Å². The van der Waals surface area contributed by atoms with Crippen molar-refractivity contribution in [2.24, 2.45) is 0 Å². The lowest BCUT2D eigenvalue weighted by Crippen LogP contribution is -2.46. The van der Waals surface area contributed by atoms with Gasteiger partial charge >= 0.3 is 6.09 Å². The van der Waals surface area contributed by atoms with Crippen molar-refractivity contribution in [1.29, 1.82) is 5.26 Å². The van der Waals surface area contributed by atoms with Gasteiger partial charge in [0.1, 0.15) is 0 Å². The van der Waals surface area contributed by atoms with Gasteiger partial charge in [-0.05, 0) is 23.9 Å². The number of benzene rings is 1. The van der Waals surface area contributed by atoms with Crippen molar-refractivity contribution in [2.75, 3.05) is 26.2 Å². The fourth-order valence-corrected chi connectivity index (χ4v) is 1.99. The standard InChI is InChI=1S/C14H15N3O2/c15-11-13-4-2-1-3-12(13)5-6-16-7-9-17(10-8-16)14(18)19/h1-6H,7-10H2,(H,18,19). The molecule has 1 aromatic carbocycles. The first-order chi connectivity index (χ1) is 9.20. The Morgan fingerprint density at radius 1 is 1.26 bits per heavy atom. The number of nitrogens with zero attached hydrogens (tertiary/aromatic N) is 3. The molecule has 0 unspecified atom stereocenters. The van der Waals surface area contributed by atoms with Crippen molar-refractivity contribution >= 4 is 12.2 Å². The third kappa shape index (κ3) is 3.26. The molecule has 0 aromatic heterocycles. The summed E-state index contributed by atoms with van der Waals surface area (Å²) < 4.78 is 0. The predicted molar refractivity (Wildman–Crippen MR) is 71.4 cm³/mol. The third-order valence-electron chi connectivity index (χ3n) is 3.13. The number of piperazine rings is 1. The van der Waals surface area contributed by atoms with Gasteiger partial charge in [0.05, 0.1) is 11.6 Å². The molecule has 1 fully saturated rings. The van der Waals surface area contributed by atoms with Crippen molar-refractivity contribution in [1.82, 2.24) is 9.80 Å². The van der Waals surface area contributed by atoms with E-state index in [4.69, 9.17) is 10.4 Å². The second-order valence-corrected chi connectivity index (χ2v) is 4.32. The fraction of sp³-hybridized carbons (Fsp3) is 0.286. The molecule has 1 amide bonds. The first-order valence-corrected chi connectivity index (χ1v) is 6.10. The topological polar surface area (TPSA) is 67.6 Å². The van der Waals surface area contributed by atoms with Gasteiger partial charge in [-0.25, -0.2) is 4.79 Å². The van der Waals surface area contributed by atoms with E-state index >= 15 is 0 Å². The zero-order valence-corrected chi connectivity index (χ0v) is 10.5. The summed E-state index contributed by atoms with van der Waals surface area (Å²) in [5.74, 6) is 0. The molecule has 5 nitrogen and oxygen atoms in total. The SMILES string of the molecule is N#Cc1ccccc1C=CN1CCN(C(=O)O)CC1. The summed E-state index contributed by atoms with van der Waals surface area (Å²) in [7, 11) is 0. The van der Waals surface area contributed by atoms with Crippen molar-refractivity contribution in [3.8, 4) is 6.07 Å². The maximum absolute atomic E-state index is 10.8. The van der Waals surface area contributed by atoms with Crippen LogP contribution in [0.25, 0.3) is 6.08 Å². The summed E-state index contributed by atoms with van der Waals surface area (Å²) in [6.45, 7) is 2.38. The number of amides is 1. The van der Waals surface area contributed by atoms with Crippen LogP contribution in [0.2, 0.25) is 0 Å². The van der Waals surface area contributed by atoms with E-state index in [9.17, 15) is 4.79 Å². The Labute approximate surface area is 112 Å². The summed E-state index contributed by atoms with van der Waals surface area (Å²) in [5, 5.41) is 17.8. The Bertz CT molecular complexity index is 526. The molecule has 0 saturated carbocycles. The van der Waals surface area contributed by atoms with Gasteiger partial charge in [-0.3, -0.25) is 0 Å². The highest BCUT2D eigenvalue weighted by molar-refractivity contribution is 5.65. The molecule has 1 heterocycles. The van der Waals surface area contributed by atoms with Crippen LogP contribution in [0.1, 0.15) is 11.1 Å². The second kappa shape index (κ2) is 5.91. The summed E-state index contributed by atoms with van der Waals surface area (Å²) in [6.07, 6.45) is 2.96. The Kier molecular flexibility index (Phi) is 4.04. The van der Waals surface area contributed by atoms with Crippen LogP contribution in [0.3, 0.4) is 0 Å². The first kappa shape index (κ1) is 13.0. The molecule has 1 aromatic rings. The van der Waals surface area contributed by atoms with Gasteiger partial charge in [0, 0.05) is 26.2 Å². The predicted octanol–water partition coefficient (Wildman–Crippen LogP) is 1.82. The Hall–Kier alpha value is -2.48. The van der Waals surface area contributed by atoms with Gasteiger partial charge in [-0.15, -0.1) is 0 Å². The molecule has 0 bridgehead atoms. The number of carbonyl (C=O) groups is 1. The molecule has 19 heavy (non-hydrogen) atoms. The van der Waals surface area contributed by atoms with E-state index in [1.54, 1.807) is 6.07 Å². The lowest BCUT2D eigenvalue weighted by molar-refractivity contribution is 0.120. The number of nitriles is 1. The van der Waals surface area contributed by atoms with Crippen LogP contribution in [0.4, 0.5) is 4.79 Å². The van der Waals surface area contributed by atoms with Crippen LogP contribution in [-0.4, -0.2) is 47.2 Å². The van der Waals surface area contributed by atoms with Crippen molar-refractivity contribution in [2.45, 2.75) is 0 Å². The lowest BCUT2D eigenvalue weighted by Gasteiger charge is -2.32. The van der Waals surface area contributed by atoms with Crippen LogP contribution in [0.5, 0.6) is 0 Å². The largest absolute Gasteiger partial charge is 0.465 e. The molecule has 0 radical (unpaired) electrons. The van der Waals surface area contributed by atoms with Crippen LogP contribution in [-0.2, 0) is 0 Å². The van der Waals surface area contributed by atoms with Gasteiger partial charge in [0.2, 0.25) is 0 Å². The van der Waals surface area contributed by atoms with E-state index in [2.05, 4.69) is 11.0 Å². The Morgan fingerprint density at radius 2 is 1.95 bits per heavy atom. The molecule has 2 rings (SSSR count). The van der Waals surface area contributed by atoms with Gasteiger partial charge in [0.25, 0.3) is 0 Å². The number of carboxylic acid groups (broad SMARTS) is 1. The zero-order chi connectivity index (χ0) is 13.7. The van der Waals surface area contributed by atoms with Crippen LogP contribution >= 0.6 is 0 Å². The molecule has 1 saturated heterocycles. The number of hydrogen-bond donors (Lipinski definition) is 1. The fourth-order valence-electron chi connectivity index (χ4n) is 1.99. The van der Waals surface area contributed by atoms with E-state index < -0.39 is 6.09 Å². The quantitative estimate of drug-likeness (QED) is 0.877. The van der Waals surface area contributed by atoms with Crippen molar-refractivity contribution in [3.05, 3.63) is 41.6 Å². The molecule has 0 aliphatic carbocycles. The second-order valence-electron chi connectivity index (χ2n) is 4.32. The van der Waals surface area contributed by atoms with Crippen molar-refractivity contribution < 1.29 is 9.90 Å². The summed E-state index contributed by atoms with van der Waals surface area (Å²) in [6, 6.07) is 9.55. The average molecular weight is 257 g/mol. The zero-order valence-electron chi connectivity index (χ0n) is 10.5. The Morgan fingerprint density at radius 3 is 2.58 bits per heavy atom. The summed E-state index contributed by atoms with van der Waals surface area (Å²) in [4.78, 5) is 14.3. The highest BCUT2D eigenvalue weighted by Crippen LogP contribution is 2.11. The average Bonchev–Trinajstić information content (AvgIpc) is 2.45. The van der Waals surface area contributed by atoms with Gasteiger partial charge < -0.3 is 14.9 Å². The maximum atomic E-state index is 10.8. The normalized spacial score (nSPS) is 15.5. The van der Waals surface area contributed by atoms with E-state index in [-0.39, 0.29) is 0 Å². The lowest BCUT2D eigenvalue weighted by atomic mass is 10.1. The highest BCUT2D eigenvalue weighted by atomic mass is 16.4. The van der Waals surface area contributed by atoms with E-state index in [0.717, 1.165) is 5.56 Å². The molecular weight excluding hydrogens is 242 g/mol. The molecule has 0 atom stereocenters. The van der Waals surface area contributed by atoms with Gasteiger partial charge in [0.15, 0.2) is 0 Å². The molecule has 98 valence electrons.